The van der Waals surface area contributed by atoms with E-state index in [4.69, 9.17) is 4.52 Å². The van der Waals surface area contributed by atoms with Crippen molar-refractivity contribution >= 4 is 35.3 Å². The molecule has 1 aromatic heterocycles. The predicted molar refractivity (Wildman–Crippen MR) is 89.2 cm³/mol. The van der Waals surface area contributed by atoms with E-state index in [1.165, 1.54) is 12.1 Å². The highest BCUT2D eigenvalue weighted by molar-refractivity contribution is 8.00. The fourth-order valence-corrected chi connectivity index (χ4v) is 2.29. The lowest BCUT2D eigenvalue weighted by molar-refractivity contribution is -0.119. The molecule has 2 aromatic rings. The molecule has 0 saturated heterocycles. The van der Waals surface area contributed by atoms with Gasteiger partial charge in [-0.3, -0.25) is 25.2 Å². The number of rotatable bonds is 6. The molecule has 0 spiro atoms. The van der Waals surface area contributed by atoms with Crippen molar-refractivity contribution in [3.63, 3.8) is 0 Å². The third kappa shape index (κ3) is 6.26. The zero-order valence-corrected chi connectivity index (χ0v) is 14.0. The number of nitrogens with one attached hydrogen (secondary N) is 3. The lowest BCUT2D eigenvalue weighted by Crippen LogP contribution is -2.42. The smallest absolute Gasteiger partial charge is 0.269 e. The van der Waals surface area contributed by atoms with Crippen molar-refractivity contribution in [1.29, 1.82) is 0 Å². The van der Waals surface area contributed by atoms with E-state index in [0.29, 0.717) is 11.6 Å². The molecule has 0 aliphatic heterocycles. The maximum absolute atomic E-state index is 12.8. The number of carbonyl (C=O) groups is 3. The van der Waals surface area contributed by atoms with Gasteiger partial charge in [0.15, 0.2) is 5.82 Å². The second kappa shape index (κ2) is 8.83. The monoisotopic (exact) mass is 366 g/mol. The molecular weight excluding hydrogens is 351 g/mol. The molecule has 1 aromatic carbocycles. The first kappa shape index (κ1) is 18.5. The van der Waals surface area contributed by atoms with Crippen molar-refractivity contribution in [3.8, 4) is 0 Å². The van der Waals surface area contributed by atoms with Crippen LogP contribution in [0.15, 0.2) is 34.9 Å². The van der Waals surface area contributed by atoms with E-state index in [-0.39, 0.29) is 23.0 Å². The van der Waals surface area contributed by atoms with Gasteiger partial charge in [-0.1, -0.05) is 5.16 Å². The van der Waals surface area contributed by atoms with Crippen LogP contribution in [0.4, 0.5) is 10.2 Å². The van der Waals surface area contributed by atoms with E-state index in [1.54, 1.807) is 13.0 Å². The summed E-state index contributed by atoms with van der Waals surface area (Å²) in [4.78, 5) is 35.0. The Morgan fingerprint density at radius 2 is 1.80 bits per heavy atom. The van der Waals surface area contributed by atoms with E-state index in [9.17, 15) is 18.8 Å². The van der Waals surface area contributed by atoms with E-state index >= 15 is 0 Å². The molecule has 0 radical (unpaired) electrons. The molecule has 2 rings (SSSR count). The second-order valence-corrected chi connectivity index (χ2v) is 5.86. The summed E-state index contributed by atoms with van der Waals surface area (Å²) in [6, 6.07) is 6.44. The molecule has 0 aliphatic carbocycles. The lowest BCUT2D eigenvalue weighted by Gasteiger charge is -2.07. The van der Waals surface area contributed by atoms with Crippen LogP contribution in [-0.2, 0) is 9.59 Å². The molecule has 10 heteroatoms. The number of hydrazine groups is 1. The summed E-state index contributed by atoms with van der Waals surface area (Å²) < 4.78 is 17.6. The van der Waals surface area contributed by atoms with E-state index in [1.807, 2.05) is 0 Å². The topological polar surface area (TPSA) is 113 Å². The number of thioether (sulfide) groups is 1. The Morgan fingerprint density at radius 1 is 1.12 bits per heavy atom. The van der Waals surface area contributed by atoms with Crippen LogP contribution in [0.5, 0.6) is 0 Å². The number of amides is 3. The van der Waals surface area contributed by atoms with E-state index < -0.39 is 17.6 Å². The quantitative estimate of drug-likeness (QED) is 0.663. The van der Waals surface area contributed by atoms with Gasteiger partial charge in [0.25, 0.3) is 5.91 Å². The number of aromatic nitrogens is 1. The van der Waals surface area contributed by atoms with E-state index in [2.05, 4.69) is 21.3 Å². The van der Waals surface area contributed by atoms with Gasteiger partial charge >= 0.3 is 0 Å². The normalized spacial score (nSPS) is 10.2. The summed E-state index contributed by atoms with van der Waals surface area (Å²) >= 11 is 1.06. The predicted octanol–water partition coefficient (Wildman–Crippen LogP) is 1.26. The number of benzene rings is 1. The molecule has 0 saturated carbocycles. The van der Waals surface area contributed by atoms with Gasteiger partial charge in [0, 0.05) is 11.6 Å². The average molecular weight is 366 g/mol. The first-order valence-corrected chi connectivity index (χ1v) is 8.25. The average Bonchev–Trinajstić information content (AvgIpc) is 2.98. The van der Waals surface area contributed by atoms with Crippen LogP contribution < -0.4 is 16.2 Å². The van der Waals surface area contributed by atoms with Crippen molar-refractivity contribution in [1.82, 2.24) is 16.0 Å². The molecule has 0 aliphatic rings. The number of nitrogens with zero attached hydrogens (tertiary/aromatic N) is 1. The van der Waals surface area contributed by atoms with Gasteiger partial charge in [0.1, 0.15) is 11.6 Å². The number of anilines is 1. The molecule has 132 valence electrons. The summed E-state index contributed by atoms with van der Waals surface area (Å²) in [5.41, 5.74) is 4.62. The van der Waals surface area contributed by atoms with Crippen LogP contribution in [0.25, 0.3) is 0 Å². The fourth-order valence-electron chi connectivity index (χ4n) is 1.68. The minimum atomic E-state index is -0.572. The number of carbonyl (C=O) groups excluding carboxylic acids is 3. The third-order valence-electron chi connectivity index (χ3n) is 2.78. The number of hydrogen-bond donors (Lipinski definition) is 3. The molecule has 1 heterocycles. The molecule has 0 bridgehead atoms. The molecule has 0 fully saturated rings. The first-order valence-electron chi connectivity index (χ1n) is 7.09. The van der Waals surface area contributed by atoms with Gasteiger partial charge in [-0.2, -0.15) is 0 Å². The van der Waals surface area contributed by atoms with Crippen molar-refractivity contribution in [2.75, 3.05) is 16.8 Å². The van der Waals surface area contributed by atoms with Crippen LogP contribution in [0.2, 0.25) is 0 Å². The lowest BCUT2D eigenvalue weighted by atomic mass is 10.2. The Kier molecular flexibility index (Phi) is 6.52. The van der Waals surface area contributed by atoms with Crippen molar-refractivity contribution in [2.45, 2.75) is 6.92 Å². The maximum Gasteiger partial charge on any atom is 0.269 e. The van der Waals surface area contributed by atoms with Crippen LogP contribution in [0.3, 0.4) is 0 Å². The Hall–Kier alpha value is -2.88. The minimum absolute atomic E-state index is 0.0328. The molecule has 8 nitrogen and oxygen atoms in total. The van der Waals surface area contributed by atoms with Crippen molar-refractivity contribution in [3.05, 3.63) is 47.5 Å². The fraction of sp³-hybridized carbons (Fsp3) is 0.200. The molecule has 25 heavy (non-hydrogen) atoms. The Labute approximate surface area is 146 Å². The number of halogens is 1. The summed E-state index contributed by atoms with van der Waals surface area (Å²) in [6.45, 7) is 1.70. The van der Waals surface area contributed by atoms with Gasteiger partial charge in [0.2, 0.25) is 11.8 Å². The zero-order valence-electron chi connectivity index (χ0n) is 13.2. The van der Waals surface area contributed by atoms with Gasteiger partial charge in [-0.25, -0.2) is 4.39 Å². The molecule has 3 N–H and O–H groups in total. The summed E-state index contributed by atoms with van der Waals surface area (Å²) in [5, 5.41) is 6.13. The largest absolute Gasteiger partial charge is 0.360 e. The SMILES string of the molecule is Cc1cc(NC(=O)CSCC(=O)NNC(=O)c2ccc(F)cc2)no1. The summed E-state index contributed by atoms with van der Waals surface area (Å²) in [6.07, 6.45) is 0. The van der Waals surface area contributed by atoms with Crippen LogP contribution in [0, 0.1) is 12.7 Å². The maximum atomic E-state index is 12.8. The van der Waals surface area contributed by atoms with Gasteiger partial charge in [-0.05, 0) is 31.2 Å². The van der Waals surface area contributed by atoms with Gasteiger partial charge in [-0.15, -0.1) is 11.8 Å². The molecule has 0 unspecified atom stereocenters. The number of aryl methyl sites for hydroxylation is 1. The van der Waals surface area contributed by atoms with Crippen LogP contribution in [-0.4, -0.2) is 34.4 Å². The van der Waals surface area contributed by atoms with Crippen molar-refractivity contribution < 1.29 is 23.3 Å². The zero-order chi connectivity index (χ0) is 18.2. The molecular formula is C15H15FN4O4S. The highest BCUT2D eigenvalue weighted by Crippen LogP contribution is 2.08. The third-order valence-corrected chi connectivity index (χ3v) is 3.72. The first-order chi connectivity index (χ1) is 11.9. The van der Waals surface area contributed by atoms with Gasteiger partial charge in [0.05, 0.1) is 11.5 Å². The van der Waals surface area contributed by atoms with Crippen LogP contribution in [0.1, 0.15) is 16.1 Å². The highest BCUT2D eigenvalue weighted by atomic mass is 32.2. The van der Waals surface area contributed by atoms with Crippen molar-refractivity contribution in [2.24, 2.45) is 0 Å². The Balaban J connectivity index is 1.64. The summed E-state index contributed by atoms with van der Waals surface area (Å²) in [7, 11) is 0. The van der Waals surface area contributed by atoms with Crippen LogP contribution >= 0.6 is 11.8 Å². The van der Waals surface area contributed by atoms with Gasteiger partial charge < -0.3 is 9.84 Å². The second-order valence-electron chi connectivity index (χ2n) is 4.87. The summed E-state index contributed by atoms with van der Waals surface area (Å²) in [5.74, 6) is -0.973. The Bertz CT molecular complexity index is 763. The molecule has 3 amide bonds. The Morgan fingerprint density at radius 3 is 2.44 bits per heavy atom. The number of hydrogen-bond acceptors (Lipinski definition) is 6. The minimum Gasteiger partial charge on any atom is -0.360 e. The highest BCUT2D eigenvalue weighted by Gasteiger charge is 2.10. The molecule has 0 atom stereocenters. The standard InChI is InChI=1S/C15H15FN4O4S/c1-9-6-12(20-24-9)17-13(21)7-25-8-14(22)18-19-15(23)10-2-4-11(16)5-3-10/h2-6H,7-8H2,1H3,(H,18,22)(H,19,23)(H,17,20,21). The van der Waals surface area contributed by atoms with E-state index in [0.717, 1.165) is 23.9 Å².